The van der Waals surface area contributed by atoms with Gasteiger partial charge in [0, 0.05) is 29.3 Å². The molecule has 1 fully saturated rings. The number of nitrogens with zero attached hydrogens (tertiary/aromatic N) is 1. The summed E-state index contributed by atoms with van der Waals surface area (Å²) in [4.78, 5) is 28.3. The zero-order chi connectivity index (χ0) is 21.1. The number of amides is 2. The fraction of sp³-hybridized carbons (Fsp3) is 0.391. The topological polar surface area (TPSA) is 49.4 Å². The van der Waals surface area contributed by atoms with Gasteiger partial charge in [-0.2, -0.15) is 0 Å². The minimum absolute atomic E-state index is 0.0844. The third-order valence-electron chi connectivity index (χ3n) is 5.78. The van der Waals surface area contributed by atoms with E-state index in [1.165, 1.54) is 42.4 Å². The summed E-state index contributed by atoms with van der Waals surface area (Å²) in [6.45, 7) is 1.10. The molecule has 1 heterocycles. The van der Waals surface area contributed by atoms with Gasteiger partial charge in [0.1, 0.15) is 5.82 Å². The number of halogens is 2. The molecule has 1 saturated carbocycles. The lowest BCUT2D eigenvalue weighted by atomic mass is 9.89. The second-order valence-corrected chi connectivity index (χ2v) is 9.34. The largest absolute Gasteiger partial charge is 0.352 e. The van der Waals surface area contributed by atoms with E-state index >= 15 is 0 Å². The molecule has 0 atom stereocenters. The Morgan fingerprint density at radius 2 is 1.97 bits per heavy atom. The van der Waals surface area contributed by atoms with Crippen molar-refractivity contribution in [2.24, 2.45) is 5.92 Å². The molecule has 0 unspecified atom stereocenters. The van der Waals surface area contributed by atoms with Gasteiger partial charge in [0.25, 0.3) is 11.8 Å². The smallest absolute Gasteiger partial charge is 0.262 e. The Bertz CT molecular complexity index is 942. The molecular formula is C23H24ClFN2O2S. The fourth-order valence-electron chi connectivity index (χ4n) is 4.14. The van der Waals surface area contributed by atoms with E-state index in [0.717, 1.165) is 17.7 Å². The van der Waals surface area contributed by atoms with Crippen LogP contribution in [0.3, 0.4) is 0 Å². The Morgan fingerprint density at radius 3 is 2.73 bits per heavy atom. The number of rotatable bonds is 4. The Hall–Kier alpha value is -2.05. The van der Waals surface area contributed by atoms with Gasteiger partial charge >= 0.3 is 0 Å². The molecule has 158 valence electrons. The SMILES string of the molecule is O=C(NCC1CCCCC1)c1ccc2c(c1)N(C(=O)c1c(F)cccc1Cl)CCS2. The molecule has 0 bridgehead atoms. The van der Waals surface area contributed by atoms with Crippen LogP contribution in [0, 0.1) is 11.7 Å². The van der Waals surface area contributed by atoms with Gasteiger partial charge in [0.15, 0.2) is 0 Å². The summed E-state index contributed by atoms with van der Waals surface area (Å²) in [6, 6.07) is 9.58. The van der Waals surface area contributed by atoms with Crippen LogP contribution in [0.4, 0.5) is 10.1 Å². The molecule has 1 aliphatic heterocycles. The third-order valence-corrected chi connectivity index (χ3v) is 7.14. The summed E-state index contributed by atoms with van der Waals surface area (Å²) < 4.78 is 14.3. The van der Waals surface area contributed by atoms with Crippen LogP contribution in [-0.4, -0.2) is 30.7 Å². The van der Waals surface area contributed by atoms with Gasteiger partial charge in [-0.25, -0.2) is 4.39 Å². The number of fused-ring (bicyclic) bond motifs is 1. The zero-order valence-electron chi connectivity index (χ0n) is 16.6. The molecular weight excluding hydrogens is 423 g/mol. The Labute approximate surface area is 185 Å². The average Bonchev–Trinajstić information content (AvgIpc) is 2.77. The van der Waals surface area contributed by atoms with E-state index in [1.54, 1.807) is 23.9 Å². The Kier molecular flexibility index (Phi) is 6.64. The summed E-state index contributed by atoms with van der Waals surface area (Å²) in [5.74, 6) is -0.0432. The van der Waals surface area contributed by atoms with Gasteiger partial charge in [-0.05, 0) is 49.1 Å². The highest BCUT2D eigenvalue weighted by Gasteiger charge is 2.28. The molecule has 1 aliphatic carbocycles. The van der Waals surface area contributed by atoms with Gasteiger partial charge in [-0.3, -0.25) is 9.59 Å². The van der Waals surface area contributed by atoms with E-state index in [4.69, 9.17) is 11.6 Å². The van der Waals surface area contributed by atoms with E-state index in [1.807, 2.05) is 6.07 Å². The molecule has 0 saturated heterocycles. The van der Waals surface area contributed by atoms with Crippen LogP contribution in [0.15, 0.2) is 41.3 Å². The molecule has 7 heteroatoms. The predicted octanol–water partition coefficient (Wildman–Crippen LogP) is 5.54. The number of carbonyl (C=O) groups excluding carboxylic acids is 2. The van der Waals surface area contributed by atoms with Gasteiger partial charge in [-0.15, -0.1) is 11.8 Å². The highest BCUT2D eigenvalue weighted by atomic mass is 35.5. The maximum atomic E-state index is 14.3. The second-order valence-electron chi connectivity index (χ2n) is 7.80. The van der Waals surface area contributed by atoms with Gasteiger partial charge in [0.2, 0.25) is 0 Å². The molecule has 4 nitrogen and oxygen atoms in total. The van der Waals surface area contributed by atoms with Gasteiger partial charge in [-0.1, -0.05) is 36.9 Å². The summed E-state index contributed by atoms with van der Waals surface area (Å²) in [7, 11) is 0. The fourth-order valence-corrected chi connectivity index (χ4v) is 5.36. The van der Waals surface area contributed by atoms with Crippen molar-refractivity contribution in [3.8, 4) is 0 Å². The Balaban J connectivity index is 1.55. The number of thioether (sulfide) groups is 1. The molecule has 0 radical (unpaired) electrons. The van der Waals surface area contributed by atoms with Crippen LogP contribution < -0.4 is 10.2 Å². The van der Waals surface area contributed by atoms with Crippen molar-refractivity contribution in [2.45, 2.75) is 37.0 Å². The minimum atomic E-state index is -0.645. The number of anilines is 1. The van der Waals surface area contributed by atoms with Crippen LogP contribution in [-0.2, 0) is 0 Å². The molecule has 0 spiro atoms. The normalized spacial score (nSPS) is 16.8. The minimum Gasteiger partial charge on any atom is -0.352 e. The number of nitrogens with one attached hydrogen (secondary N) is 1. The number of carbonyl (C=O) groups is 2. The lowest BCUT2D eigenvalue weighted by Crippen LogP contribution is -2.36. The van der Waals surface area contributed by atoms with Gasteiger partial charge in [0.05, 0.1) is 16.3 Å². The van der Waals surface area contributed by atoms with Crippen molar-refractivity contribution in [1.29, 1.82) is 0 Å². The van der Waals surface area contributed by atoms with E-state index in [9.17, 15) is 14.0 Å². The van der Waals surface area contributed by atoms with Crippen molar-refractivity contribution >= 4 is 40.9 Å². The molecule has 30 heavy (non-hydrogen) atoms. The highest BCUT2D eigenvalue weighted by molar-refractivity contribution is 7.99. The van der Waals surface area contributed by atoms with Crippen molar-refractivity contribution in [3.63, 3.8) is 0 Å². The van der Waals surface area contributed by atoms with Crippen LogP contribution in [0.5, 0.6) is 0 Å². The summed E-state index contributed by atoms with van der Waals surface area (Å²) in [5.41, 5.74) is 0.995. The molecule has 2 aliphatic rings. The summed E-state index contributed by atoms with van der Waals surface area (Å²) in [5, 5.41) is 3.12. The number of hydrogen-bond acceptors (Lipinski definition) is 3. The molecule has 2 aromatic rings. The first-order valence-electron chi connectivity index (χ1n) is 10.4. The quantitative estimate of drug-likeness (QED) is 0.670. The highest BCUT2D eigenvalue weighted by Crippen LogP contribution is 2.37. The first-order chi connectivity index (χ1) is 14.5. The molecule has 1 N–H and O–H groups in total. The lowest BCUT2D eigenvalue weighted by Gasteiger charge is -2.30. The van der Waals surface area contributed by atoms with Crippen molar-refractivity contribution < 1.29 is 14.0 Å². The van der Waals surface area contributed by atoms with Crippen molar-refractivity contribution in [3.05, 3.63) is 58.4 Å². The third kappa shape index (κ3) is 4.49. The van der Waals surface area contributed by atoms with E-state index in [0.29, 0.717) is 36.0 Å². The van der Waals surface area contributed by atoms with Crippen LogP contribution in [0.25, 0.3) is 0 Å². The Morgan fingerprint density at radius 1 is 1.17 bits per heavy atom. The average molecular weight is 447 g/mol. The second kappa shape index (κ2) is 9.40. The number of hydrogen-bond donors (Lipinski definition) is 1. The molecule has 0 aromatic heterocycles. The predicted molar refractivity (Wildman–Crippen MR) is 119 cm³/mol. The summed E-state index contributed by atoms with van der Waals surface area (Å²) >= 11 is 7.73. The van der Waals surface area contributed by atoms with E-state index < -0.39 is 11.7 Å². The van der Waals surface area contributed by atoms with Crippen LogP contribution in [0.2, 0.25) is 5.02 Å². The maximum absolute atomic E-state index is 14.3. The van der Waals surface area contributed by atoms with Crippen LogP contribution >= 0.6 is 23.4 Å². The molecule has 4 rings (SSSR count). The molecule has 2 aromatic carbocycles. The van der Waals surface area contributed by atoms with Gasteiger partial charge < -0.3 is 10.2 Å². The standard InChI is InChI=1S/C23H24ClFN2O2S/c24-17-7-4-8-18(25)21(17)23(29)27-11-12-30-20-10-9-16(13-19(20)27)22(28)26-14-15-5-2-1-3-6-15/h4,7-10,13,15H,1-3,5-6,11-12,14H2,(H,26,28). The van der Waals surface area contributed by atoms with Crippen LogP contribution in [0.1, 0.15) is 52.8 Å². The molecule has 2 amide bonds. The van der Waals surface area contributed by atoms with Crippen molar-refractivity contribution in [2.75, 3.05) is 23.7 Å². The first-order valence-corrected chi connectivity index (χ1v) is 11.7. The van der Waals surface area contributed by atoms with E-state index in [-0.39, 0.29) is 16.5 Å². The summed E-state index contributed by atoms with van der Waals surface area (Å²) in [6.07, 6.45) is 6.06. The van der Waals surface area contributed by atoms with Crippen molar-refractivity contribution in [1.82, 2.24) is 5.32 Å². The lowest BCUT2D eigenvalue weighted by molar-refractivity contribution is 0.0940. The maximum Gasteiger partial charge on any atom is 0.262 e. The number of benzene rings is 2. The monoisotopic (exact) mass is 446 g/mol. The van der Waals surface area contributed by atoms with E-state index in [2.05, 4.69) is 5.32 Å². The zero-order valence-corrected chi connectivity index (χ0v) is 18.2. The first kappa shape index (κ1) is 21.2.